The molecule has 0 saturated heterocycles. The Morgan fingerprint density at radius 2 is 2.00 bits per heavy atom. The highest BCUT2D eigenvalue weighted by Gasteiger charge is 2.22. The number of rotatable bonds is 2. The number of carbonyl (C=O) groups excluding carboxylic acids is 1. The topological polar surface area (TPSA) is 52.3 Å². The molecule has 4 heteroatoms. The van der Waals surface area contributed by atoms with E-state index in [1.54, 1.807) is 18.2 Å². The van der Waals surface area contributed by atoms with Crippen molar-refractivity contribution in [1.82, 2.24) is 0 Å². The SMILES string of the molecule is CC1CCC(OC(=O)c2ccc(Cl)cc2N)CC1. The molecule has 0 heterocycles. The molecule has 1 saturated carbocycles. The first-order chi connectivity index (χ1) is 8.56. The van der Waals surface area contributed by atoms with Crippen molar-refractivity contribution >= 4 is 23.3 Å². The Hall–Kier alpha value is -1.22. The van der Waals surface area contributed by atoms with Crippen molar-refractivity contribution in [2.45, 2.75) is 38.7 Å². The molecule has 18 heavy (non-hydrogen) atoms. The number of hydrogen-bond donors (Lipinski definition) is 1. The van der Waals surface area contributed by atoms with Gasteiger partial charge in [-0.1, -0.05) is 18.5 Å². The Morgan fingerprint density at radius 1 is 1.33 bits per heavy atom. The maximum absolute atomic E-state index is 12.0. The van der Waals surface area contributed by atoms with Crippen molar-refractivity contribution in [2.75, 3.05) is 5.73 Å². The molecule has 98 valence electrons. The van der Waals surface area contributed by atoms with Crippen molar-refractivity contribution < 1.29 is 9.53 Å². The van der Waals surface area contributed by atoms with Crippen LogP contribution in [0.1, 0.15) is 43.0 Å². The lowest BCUT2D eigenvalue weighted by Gasteiger charge is -2.26. The number of nitrogen functional groups attached to an aromatic ring is 1. The molecule has 1 aromatic rings. The van der Waals surface area contributed by atoms with E-state index < -0.39 is 0 Å². The minimum absolute atomic E-state index is 0.0313. The minimum Gasteiger partial charge on any atom is -0.459 e. The third-order valence-corrected chi connectivity index (χ3v) is 3.71. The van der Waals surface area contributed by atoms with Crippen LogP contribution in [0.25, 0.3) is 0 Å². The summed E-state index contributed by atoms with van der Waals surface area (Å²) in [6, 6.07) is 4.84. The molecule has 0 spiro atoms. The molecule has 3 nitrogen and oxygen atoms in total. The van der Waals surface area contributed by atoms with Gasteiger partial charge in [0.1, 0.15) is 6.10 Å². The third-order valence-electron chi connectivity index (χ3n) is 3.47. The van der Waals surface area contributed by atoms with Crippen LogP contribution in [0.5, 0.6) is 0 Å². The Balaban J connectivity index is 1.99. The minimum atomic E-state index is -0.344. The summed E-state index contributed by atoms with van der Waals surface area (Å²) < 4.78 is 5.48. The summed E-state index contributed by atoms with van der Waals surface area (Å²) in [7, 11) is 0. The van der Waals surface area contributed by atoms with Crippen molar-refractivity contribution in [3.8, 4) is 0 Å². The number of halogens is 1. The summed E-state index contributed by atoms with van der Waals surface area (Å²) in [6.45, 7) is 2.23. The van der Waals surface area contributed by atoms with Gasteiger partial charge in [0, 0.05) is 10.7 Å². The van der Waals surface area contributed by atoms with Gasteiger partial charge in [-0.15, -0.1) is 0 Å². The van der Waals surface area contributed by atoms with Gasteiger partial charge in [0.25, 0.3) is 0 Å². The van der Waals surface area contributed by atoms with Crippen molar-refractivity contribution in [1.29, 1.82) is 0 Å². The molecule has 0 bridgehead atoms. The molecule has 0 radical (unpaired) electrons. The van der Waals surface area contributed by atoms with Gasteiger partial charge in [-0.25, -0.2) is 4.79 Å². The highest BCUT2D eigenvalue weighted by molar-refractivity contribution is 6.31. The van der Waals surface area contributed by atoms with Crippen LogP contribution in [0.4, 0.5) is 5.69 Å². The van der Waals surface area contributed by atoms with Crippen LogP contribution in [0.2, 0.25) is 5.02 Å². The highest BCUT2D eigenvalue weighted by atomic mass is 35.5. The van der Waals surface area contributed by atoms with E-state index in [0.717, 1.165) is 31.6 Å². The van der Waals surface area contributed by atoms with Gasteiger partial charge >= 0.3 is 5.97 Å². The number of esters is 1. The lowest BCUT2D eigenvalue weighted by atomic mass is 9.89. The average molecular weight is 268 g/mol. The monoisotopic (exact) mass is 267 g/mol. The van der Waals surface area contributed by atoms with Crippen LogP contribution in [0.15, 0.2) is 18.2 Å². The lowest BCUT2D eigenvalue weighted by Crippen LogP contribution is -2.24. The molecule has 0 amide bonds. The number of ether oxygens (including phenoxy) is 1. The number of carbonyl (C=O) groups is 1. The summed E-state index contributed by atoms with van der Waals surface area (Å²) in [5, 5.41) is 0.524. The molecule has 1 fully saturated rings. The van der Waals surface area contributed by atoms with E-state index in [1.165, 1.54) is 0 Å². The van der Waals surface area contributed by atoms with Gasteiger partial charge in [0.15, 0.2) is 0 Å². The molecule has 2 rings (SSSR count). The lowest BCUT2D eigenvalue weighted by molar-refractivity contribution is 0.0175. The summed E-state index contributed by atoms with van der Waals surface area (Å²) in [4.78, 5) is 12.0. The number of anilines is 1. The zero-order chi connectivity index (χ0) is 13.1. The fourth-order valence-corrected chi connectivity index (χ4v) is 2.46. The molecular formula is C14H18ClNO2. The molecule has 0 unspecified atom stereocenters. The summed E-state index contributed by atoms with van der Waals surface area (Å²) in [6.07, 6.45) is 4.16. The first-order valence-corrected chi connectivity index (χ1v) is 6.70. The van der Waals surface area contributed by atoms with E-state index >= 15 is 0 Å². The third kappa shape index (κ3) is 3.16. The Labute approximate surface area is 112 Å². The van der Waals surface area contributed by atoms with Gasteiger partial charge in [0.05, 0.1) is 5.56 Å². The van der Waals surface area contributed by atoms with Crippen molar-refractivity contribution in [2.24, 2.45) is 5.92 Å². The fraction of sp³-hybridized carbons (Fsp3) is 0.500. The molecule has 0 aromatic heterocycles. The molecule has 0 aliphatic heterocycles. The van der Waals surface area contributed by atoms with Crippen LogP contribution in [-0.2, 0) is 4.74 Å². The van der Waals surface area contributed by atoms with E-state index in [2.05, 4.69) is 6.92 Å². The second-order valence-electron chi connectivity index (χ2n) is 5.02. The zero-order valence-corrected chi connectivity index (χ0v) is 11.2. The number of benzene rings is 1. The Morgan fingerprint density at radius 3 is 2.61 bits per heavy atom. The molecular weight excluding hydrogens is 250 g/mol. The zero-order valence-electron chi connectivity index (χ0n) is 10.5. The quantitative estimate of drug-likeness (QED) is 0.657. The second kappa shape index (κ2) is 5.61. The van der Waals surface area contributed by atoms with E-state index in [0.29, 0.717) is 16.3 Å². The van der Waals surface area contributed by atoms with Crippen LogP contribution >= 0.6 is 11.6 Å². The number of hydrogen-bond acceptors (Lipinski definition) is 3. The van der Waals surface area contributed by atoms with Crippen LogP contribution in [0, 0.1) is 5.92 Å². The second-order valence-corrected chi connectivity index (χ2v) is 5.46. The normalized spacial score (nSPS) is 23.7. The van der Waals surface area contributed by atoms with Gasteiger partial charge in [0.2, 0.25) is 0 Å². The molecule has 2 N–H and O–H groups in total. The summed E-state index contributed by atoms with van der Waals surface area (Å²) in [5.74, 6) is 0.393. The maximum Gasteiger partial charge on any atom is 0.340 e. The van der Waals surface area contributed by atoms with E-state index in [9.17, 15) is 4.79 Å². The van der Waals surface area contributed by atoms with E-state index in [1.807, 2.05) is 0 Å². The number of nitrogens with two attached hydrogens (primary N) is 1. The molecule has 1 aromatic carbocycles. The average Bonchev–Trinajstić information content (AvgIpc) is 2.32. The largest absolute Gasteiger partial charge is 0.459 e. The maximum atomic E-state index is 12.0. The van der Waals surface area contributed by atoms with Gasteiger partial charge in [-0.3, -0.25) is 0 Å². The Bertz CT molecular complexity index is 439. The standard InChI is InChI=1S/C14H18ClNO2/c1-9-2-5-11(6-3-9)18-14(17)12-7-4-10(15)8-13(12)16/h4,7-9,11H,2-3,5-6,16H2,1H3. The van der Waals surface area contributed by atoms with Crippen LogP contribution in [0.3, 0.4) is 0 Å². The van der Waals surface area contributed by atoms with Crippen LogP contribution < -0.4 is 5.73 Å². The van der Waals surface area contributed by atoms with Gasteiger partial charge < -0.3 is 10.5 Å². The fourth-order valence-electron chi connectivity index (χ4n) is 2.28. The molecule has 0 atom stereocenters. The molecule has 1 aliphatic rings. The van der Waals surface area contributed by atoms with Gasteiger partial charge in [-0.05, 0) is 49.8 Å². The van der Waals surface area contributed by atoms with E-state index in [-0.39, 0.29) is 12.1 Å². The van der Waals surface area contributed by atoms with Crippen LogP contribution in [-0.4, -0.2) is 12.1 Å². The predicted octanol–water partition coefficient (Wildman–Crippen LogP) is 3.66. The first kappa shape index (κ1) is 13.2. The molecule has 1 aliphatic carbocycles. The Kier molecular flexibility index (Phi) is 4.12. The predicted molar refractivity (Wildman–Crippen MR) is 72.7 cm³/mol. The van der Waals surface area contributed by atoms with Crippen molar-refractivity contribution in [3.05, 3.63) is 28.8 Å². The summed E-state index contributed by atoms with van der Waals surface area (Å²) in [5.41, 5.74) is 6.54. The van der Waals surface area contributed by atoms with E-state index in [4.69, 9.17) is 22.1 Å². The summed E-state index contributed by atoms with van der Waals surface area (Å²) >= 11 is 5.80. The highest BCUT2D eigenvalue weighted by Crippen LogP contribution is 2.27. The first-order valence-electron chi connectivity index (χ1n) is 6.32. The van der Waals surface area contributed by atoms with Crippen molar-refractivity contribution in [3.63, 3.8) is 0 Å². The van der Waals surface area contributed by atoms with Gasteiger partial charge in [-0.2, -0.15) is 0 Å². The smallest absolute Gasteiger partial charge is 0.340 e.